The van der Waals surface area contributed by atoms with Crippen LogP contribution in [0.4, 0.5) is 0 Å². The third-order valence-electron chi connectivity index (χ3n) is 11.7. The standard InChI is InChI=1S/C58H39N3O/c1-3-51(42-31-29-41(30-32-42)39-17-6-4-7-18-39)60-58(59-38(2)43-23-16-24-44(33-43)40-19-8-5-9-20-40)47-36-54(57-49-26-13-15-28-55(49)62-56(57)37-47)61-52-27-14-12-25-48(52)50-34-45-21-10-11-22-46(45)35-53(50)61/h3-37H,1-2H2/b59-58-,60-51+. The number of rotatable bonds is 8. The average Bonchev–Trinajstić information content (AvgIpc) is 3.87. The van der Waals surface area contributed by atoms with Crippen molar-refractivity contribution in [2.24, 2.45) is 9.98 Å². The third-order valence-corrected chi connectivity index (χ3v) is 11.7. The number of nitrogens with zero attached hydrogens (tertiary/aromatic N) is 3. The minimum absolute atomic E-state index is 0.483. The second kappa shape index (κ2) is 15.4. The zero-order valence-electron chi connectivity index (χ0n) is 33.9. The molecule has 0 unspecified atom stereocenters. The molecule has 0 aliphatic heterocycles. The smallest absolute Gasteiger partial charge is 0.160 e. The van der Waals surface area contributed by atoms with Crippen molar-refractivity contribution >= 4 is 71.8 Å². The van der Waals surface area contributed by atoms with E-state index in [9.17, 15) is 0 Å². The third kappa shape index (κ3) is 6.51. The number of benzene rings is 9. The Balaban J connectivity index is 1.16. The lowest BCUT2D eigenvalue weighted by Crippen LogP contribution is -2.07. The highest BCUT2D eigenvalue weighted by molar-refractivity contribution is 6.21. The lowest BCUT2D eigenvalue weighted by molar-refractivity contribution is 0.668. The highest BCUT2D eigenvalue weighted by atomic mass is 16.3. The van der Waals surface area contributed by atoms with Gasteiger partial charge in [0.15, 0.2) is 5.84 Å². The molecule has 0 aliphatic carbocycles. The van der Waals surface area contributed by atoms with Gasteiger partial charge in [0, 0.05) is 32.8 Å². The minimum atomic E-state index is 0.483. The van der Waals surface area contributed by atoms with Gasteiger partial charge in [-0.25, -0.2) is 9.98 Å². The van der Waals surface area contributed by atoms with Crippen molar-refractivity contribution in [2.75, 3.05) is 0 Å². The van der Waals surface area contributed by atoms with Crippen molar-refractivity contribution < 1.29 is 4.42 Å². The van der Waals surface area contributed by atoms with E-state index >= 15 is 0 Å². The number of amidine groups is 1. The maximum absolute atomic E-state index is 6.74. The topological polar surface area (TPSA) is 42.8 Å². The van der Waals surface area contributed by atoms with Gasteiger partial charge in [-0.3, -0.25) is 0 Å². The van der Waals surface area contributed by atoms with Gasteiger partial charge in [0.2, 0.25) is 0 Å². The van der Waals surface area contributed by atoms with Crippen molar-refractivity contribution in [3.05, 3.63) is 242 Å². The van der Waals surface area contributed by atoms with Gasteiger partial charge < -0.3 is 8.98 Å². The molecule has 2 heterocycles. The van der Waals surface area contributed by atoms with Gasteiger partial charge in [-0.05, 0) is 81.6 Å². The largest absolute Gasteiger partial charge is 0.456 e. The van der Waals surface area contributed by atoms with Crippen LogP contribution in [0, 0.1) is 0 Å². The van der Waals surface area contributed by atoms with E-state index in [1.807, 2.05) is 30.3 Å². The summed E-state index contributed by atoms with van der Waals surface area (Å²) in [5.41, 5.74) is 13.0. The highest BCUT2D eigenvalue weighted by Gasteiger charge is 2.21. The molecule has 11 rings (SSSR count). The molecule has 0 N–H and O–H groups in total. The molecule has 9 aromatic carbocycles. The summed E-state index contributed by atoms with van der Waals surface area (Å²) in [6, 6.07) is 71.8. The number of aromatic nitrogens is 1. The van der Waals surface area contributed by atoms with Crippen LogP contribution >= 0.6 is 0 Å². The Labute approximate surface area is 359 Å². The van der Waals surface area contributed by atoms with Crippen LogP contribution in [0.2, 0.25) is 0 Å². The summed E-state index contributed by atoms with van der Waals surface area (Å²) in [6.45, 7) is 8.79. The Bertz CT molecular complexity index is 3590. The summed E-state index contributed by atoms with van der Waals surface area (Å²) in [6.07, 6.45) is 1.80. The van der Waals surface area contributed by atoms with Crippen LogP contribution in [-0.4, -0.2) is 16.1 Å². The van der Waals surface area contributed by atoms with Crippen LogP contribution in [-0.2, 0) is 0 Å². The van der Waals surface area contributed by atoms with Crippen LogP contribution in [0.15, 0.2) is 240 Å². The molecule has 0 radical (unpaired) electrons. The summed E-state index contributed by atoms with van der Waals surface area (Å²) in [5.74, 6) is 0.483. The lowest BCUT2D eigenvalue weighted by atomic mass is 10.0. The van der Waals surface area contributed by atoms with Gasteiger partial charge >= 0.3 is 0 Å². The van der Waals surface area contributed by atoms with E-state index in [0.29, 0.717) is 17.2 Å². The van der Waals surface area contributed by atoms with E-state index in [0.717, 1.165) is 77.6 Å². The molecule has 0 spiro atoms. The Morgan fingerprint density at radius 1 is 0.452 bits per heavy atom. The zero-order chi connectivity index (χ0) is 41.6. The van der Waals surface area contributed by atoms with E-state index in [1.165, 1.54) is 21.5 Å². The van der Waals surface area contributed by atoms with Gasteiger partial charge in [-0.15, -0.1) is 0 Å². The molecular formula is C58H39N3O. The fourth-order valence-corrected chi connectivity index (χ4v) is 8.71. The van der Waals surface area contributed by atoms with Gasteiger partial charge in [0.25, 0.3) is 0 Å². The predicted octanol–water partition coefficient (Wildman–Crippen LogP) is 15.3. The summed E-state index contributed by atoms with van der Waals surface area (Å²) < 4.78 is 9.12. The molecule has 0 atom stereocenters. The number of para-hydroxylation sites is 2. The van der Waals surface area contributed by atoms with E-state index in [2.05, 4.69) is 194 Å². The number of hydrogen-bond donors (Lipinski definition) is 0. The van der Waals surface area contributed by atoms with Crippen LogP contribution in [0.1, 0.15) is 16.7 Å². The van der Waals surface area contributed by atoms with Crippen molar-refractivity contribution in [3.8, 4) is 27.9 Å². The van der Waals surface area contributed by atoms with E-state index in [1.54, 1.807) is 6.08 Å². The first kappa shape index (κ1) is 36.7. The fraction of sp³-hybridized carbons (Fsp3) is 0. The molecule has 0 saturated carbocycles. The number of allylic oxidation sites excluding steroid dienone is 1. The Hall–Kier alpha value is -8.34. The second-order valence-electron chi connectivity index (χ2n) is 15.5. The molecule has 0 amide bonds. The molecule has 2 aromatic heterocycles. The number of fused-ring (bicyclic) bond motifs is 7. The molecule has 0 saturated heterocycles. The molecule has 292 valence electrons. The first-order valence-corrected chi connectivity index (χ1v) is 20.8. The Morgan fingerprint density at radius 3 is 1.84 bits per heavy atom. The summed E-state index contributed by atoms with van der Waals surface area (Å²) in [4.78, 5) is 10.7. The summed E-state index contributed by atoms with van der Waals surface area (Å²) in [5, 5.41) is 6.76. The van der Waals surface area contributed by atoms with E-state index in [4.69, 9.17) is 14.4 Å². The maximum Gasteiger partial charge on any atom is 0.160 e. The number of furan rings is 1. The Kier molecular flexibility index (Phi) is 9.10. The highest BCUT2D eigenvalue weighted by Crippen LogP contribution is 2.41. The van der Waals surface area contributed by atoms with Crippen LogP contribution in [0.5, 0.6) is 0 Å². The second-order valence-corrected chi connectivity index (χ2v) is 15.5. The lowest BCUT2D eigenvalue weighted by Gasteiger charge is -2.14. The maximum atomic E-state index is 6.74. The number of aliphatic imine (C=N–C) groups is 2. The van der Waals surface area contributed by atoms with Crippen molar-refractivity contribution in [1.29, 1.82) is 0 Å². The number of hydrogen-bond acceptors (Lipinski definition) is 2. The SMILES string of the molecule is C=C/C(=N\C(=N/C(=C)c1cccc(-c2ccccc2)c1)c1cc(-n2c3ccccc3c3cc4ccccc4cc32)c2c(c1)oc1ccccc12)c1ccc(-c2ccccc2)cc1. The Morgan fingerprint density at radius 2 is 1.08 bits per heavy atom. The zero-order valence-corrected chi connectivity index (χ0v) is 33.9. The molecule has 0 aliphatic rings. The molecule has 4 heteroatoms. The van der Waals surface area contributed by atoms with Crippen LogP contribution in [0.25, 0.3) is 88.2 Å². The molecule has 62 heavy (non-hydrogen) atoms. The van der Waals surface area contributed by atoms with Gasteiger partial charge in [0.1, 0.15) is 11.2 Å². The van der Waals surface area contributed by atoms with Crippen molar-refractivity contribution in [2.45, 2.75) is 0 Å². The average molecular weight is 794 g/mol. The van der Waals surface area contributed by atoms with Gasteiger partial charge in [-0.1, -0.05) is 177 Å². The van der Waals surface area contributed by atoms with E-state index in [-0.39, 0.29) is 0 Å². The van der Waals surface area contributed by atoms with Gasteiger partial charge in [0.05, 0.1) is 33.5 Å². The first-order valence-electron chi connectivity index (χ1n) is 20.8. The molecule has 0 fully saturated rings. The fourth-order valence-electron chi connectivity index (χ4n) is 8.71. The van der Waals surface area contributed by atoms with Crippen molar-refractivity contribution in [1.82, 2.24) is 4.57 Å². The molecular weight excluding hydrogens is 755 g/mol. The quantitative estimate of drug-likeness (QED) is 0.112. The summed E-state index contributed by atoms with van der Waals surface area (Å²) >= 11 is 0. The minimum Gasteiger partial charge on any atom is -0.456 e. The van der Waals surface area contributed by atoms with E-state index < -0.39 is 0 Å². The molecule has 4 nitrogen and oxygen atoms in total. The monoisotopic (exact) mass is 793 g/mol. The van der Waals surface area contributed by atoms with Crippen LogP contribution in [0.3, 0.4) is 0 Å². The first-order chi connectivity index (χ1) is 30.6. The van der Waals surface area contributed by atoms with Crippen LogP contribution < -0.4 is 0 Å². The normalized spacial score (nSPS) is 12.2. The van der Waals surface area contributed by atoms with Gasteiger partial charge in [-0.2, -0.15) is 0 Å². The predicted molar refractivity (Wildman–Crippen MR) is 262 cm³/mol. The molecule has 0 bridgehead atoms. The molecule has 11 aromatic rings. The summed E-state index contributed by atoms with van der Waals surface area (Å²) in [7, 11) is 0. The van der Waals surface area contributed by atoms with Crippen molar-refractivity contribution in [3.63, 3.8) is 0 Å².